The first-order valence-electron chi connectivity index (χ1n) is 7.83. The number of hydrogen-bond acceptors (Lipinski definition) is 4. The lowest BCUT2D eigenvalue weighted by Gasteiger charge is -2.20. The smallest absolute Gasteiger partial charge is 0.258 e. The molecule has 1 aliphatic rings. The maximum Gasteiger partial charge on any atom is 0.258 e. The fourth-order valence-electron chi connectivity index (χ4n) is 2.43. The molecule has 24 heavy (non-hydrogen) atoms. The molecule has 1 aliphatic heterocycles. The maximum atomic E-state index is 12.5. The fourth-order valence-corrected chi connectivity index (χ4v) is 4.28. The molecule has 1 aromatic rings. The number of carbonyl (C=O) groups excluding carboxylic acids is 1. The number of benzene rings is 1. The molecule has 1 fully saturated rings. The summed E-state index contributed by atoms with van der Waals surface area (Å²) < 4.78 is 31.8. The van der Waals surface area contributed by atoms with Crippen LogP contribution in [0.5, 0.6) is 5.75 Å². The van der Waals surface area contributed by atoms with Gasteiger partial charge in [0, 0.05) is 18.6 Å². The van der Waals surface area contributed by atoms with E-state index in [1.54, 1.807) is 0 Å². The Morgan fingerprint density at radius 2 is 1.92 bits per heavy atom. The van der Waals surface area contributed by atoms with Crippen molar-refractivity contribution in [3.8, 4) is 5.75 Å². The Bertz CT molecular complexity index is 707. The van der Waals surface area contributed by atoms with Gasteiger partial charge in [-0.3, -0.25) is 4.79 Å². The number of halogens is 1. The highest BCUT2D eigenvalue weighted by atomic mass is 35.5. The average Bonchev–Trinajstić information content (AvgIpc) is 2.98. The molecule has 0 atom stereocenters. The molecular formula is C16H23ClN2O4S. The van der Waals surface area contributed by atoms with Crippen LogP contribution >= 0.6 is 11.6 Å². The summed E-state index contributed by atoms with van der Waals surface area (Å²) in [4.78, 5) is 11.9. The summed E-state index contributed by atoms with van der Waals surface area (Å²) in [5.74, 6) is 0.00780. The van der Waals surface area contributed by atoms with Crippen LogP contribution in [0.25, 0.3) is 0 Å². The van der Waals surface area contributed by atoms with Crippen LogP contribution in [0.15, 0.2) is 23.1 Å². The van der Waals surface area contributed by atoms with Crippen LogP contribution in [0.1, 0.15) is 33.6 Å². The molecule has 1 amide bonds. The Balaban J connectivity index is 2.06. The number of hydrogen-bond donors (Lipinski definition) is 1. The Hall–Kier alpha value is -1.31. The SMILES string of the molecule is CC(C)(C)NC(=O)COc1ccc(S(=O)(=O)N2CCCC2)cc1Cl. The van der Waals surface area contributed by atoms with Gasteiger partial charge in [-0.15, -0.1) is 0 Å². The van der Waals surface area contributed by atoms with Crippen molar-refractivity contribution in [3.63, 3.8) is 0 Å². The van der Waals surface area contributed by atoms with Gasteiger partial charge < -0.3 is 10.1 Å². The van der Waals surface area contributed by atoms with Gasteiger partial charge in [-0.2, -0.15) is 4.31 Å². The van der Waals surface area contributed by atoms with E-state index in [0.29, 0.717) is 13.1 Å². The van der Waals surface area contributed by atoms with Gasteiger partial charge in [0.1, 0.15) is 5.75 Å². The minimum atomic E-state index is -3.52. The van der Waals surface area contributed by atoms with E-state index < -0.39 is 10.0 Å². The van der Waals surface area contributed by atoms with Gasteiger partial charge in [-0.05, 0) is 51.8 Å². The molecule has 0 unspecified atom stereocenters. The molecule has 1 N–H and O–H groups in total. The molecule has 1 heterocycles. The molecule has 0 spiro atoms. The second kappa shape index (κ2) is 7.29. The predicted octanol–water partition coefficient (Wildman–Crippen LogP) is 2.42. The zero-order valence-corrected chi connectivity index (χ0v) is 15.7. The predicted molar refractivity (Wildman–Crippen MR) is 92.8 cm³/mol. The van der Waals surface area contributed by atoms with Crippen molar-refractivity contribution < 1.29 is 17.9 Å². The van der Waals surface area contributed by atoms with Gasteiger partial charge in [0.2, 0.25) is 10.0 Å². The lowest BCUT2D eigenvalue weighted by Crippen LogP contribution is -2.43. The number of ether oxygens (including phenoxy) is 1. The standard InChI is InChI=1S/C16H23ClN2O4S/c1-16(2,3)18-15(20)11-23-14-7-6-12(10-13(14)17)24(21,22)19-8-4-5-9-19/h6-7,10H,4-5,8-9,11H2,1-3H3,(H,18,20). The van der Waals surface area contributed by atoms with E-state index in [-0.39, 0.29) is 33.7 Å². The summed E-state index contributed by atoms with van der Waals surface area (Å²) in [7, 11) is -3.52. The van der Waals surface area contributed by atoms with Crippen LogP contribution < -0.4 is 10.1 Å². The van der Waals surface area contributed by atoms with Crippen molar-refractivity contribution in [2.24, 2.45) is 0 Å². The Morgan fingerprint density at radius 1 is 1.29 bits per heavy atom. The van der Waals surface area contributed by atoms with Gasteiger partial charge in [-0.25, -0.2) is 8.42 Å². The summed E-state index contributed by atoms with van der Waals surface area (Å²) in [6.45, 7) is 6.49. The second-order valence-corrected chi connectivity index (χ2v) is 9.14. The zero-order chi connectivity index (χ0) is 18.0. The Morgan fingerprint density at radius 3 is 2.46 bits per heavy atom. The zero-order valence-electron chi connectivity index (χ0n) is 14.1. The number of rotatable bonds is 5. The molecular weight excluding hydrogens is 352 g/mol. The number of carbonyl (C=O) groups is 1. The molecule has 0 aromatic heterocycles. The average molecular weight is 375 g/mol. The number of amides is 1. The molecule has 8 heteroatoms. The molecule has 6 nitrogen and oxygen atoms in total. The Kier molecular flexibility index (Phi) is 5.78. The third-order valence-electron chi connectivity index (χ3n) is 3.48. The monoisotopic (exact) mass is 374 g/mol. The first kappa shape index (κ1) is 19.0. The highest BCUT2D eigenvalue weighted by Gasteiger charge is 2.27. The van der Waals surface area contributed by atoms with Crippen molar-refractivity contribution in [3.05, 3.63) is 23.2 Å². The van der Waals surface area contributed by atoms with E-state index in [1.807, 2.05) is 20.8 Å². The normalized spacial score (nSPS) is 16.2. The van der Waals surface area contributed by atoms with Crippen LogP contribution in [0.2, 0.25) is 5.02 Å². The number of nitrogens with zero attached hydrogens (tertiary/aromatic N) is 1. The molecule has 1 aromatic carbocycles. The quantitative estimate of drug-likeness (QED) is 0.858. The minimum Gasteiger partial charge on any atom is -0.482 e. The van der Waals surface area contributed by atoms with Crippen LogP contribution in [0.4, 0.5) is 0 Å². The summed E-state index contributed by atoms with van der Waals surface area (Å²) in [5, 5.41) is 2.94. The van der Waals surface area contributed by atoms with Gasteiger partial charge in [0.15, 0.2) is 6.61 Å². The summed E-state index contributed by atoms with van der Waals surface area (Å²) in [6.07, 6.45) is 1.74. The van der Waals surface area contributed by atoms with E-state index in [2.05, 4.69) is 5.32 Å². The van der Waals surface area contributed by atoms with Crippen LogP contribution in [0.3, 0.4) is 0 Å². The third kappa shape index (κ3) is 4.84. The van der Waals surface area contributed by atoms with Crippen LogP contribution in [-0.4, -0.2) is 43.9 Å². The molecule has 0 saturated carbocycles. The van der Waals surface area contributed by atoms with Crippen molar-refractivity contribution in [2.45, 2.75) is 44.0 Å². The first-order chi connectivity index (χ1) is 11.1. The summed E-state index contributed by atoms with van der Waals surface area (Å²) >= 11 is 6.12. The molecule has 0 bridgehead atoms. The van der Waals surface area contributed by atoms with E-state index in [4.69, 9.17) is 16.3 Å². The van der Waals surface area contributed by atoms with E-state index in [9.17, 15) is 13.2 Å². The van der Waals surface area contributed by atoms with Crippen molar-refractivity contribution in [2.75, 3.05) is 19.7 Å². The van der Waals surface area contributed by atoms with Crippen LogP contribution in [-0.2, 0) is 14.8 Å². The van der Waals surface area contributed by atoms with Gasteiger partial charge in [0.05, 0.1) is 9.92 Å². The topological polar surface area (TPSA) is 75.7 Å². The summed E-state index contributed by atoms with van der Waals surface area (Å²) in [5.41, 5.74) is -0.349. The van der Waals surface area contributed by atoms with E-state index in [1.165, 1.54) is 22.5 Å². The number of sulfonamides is 1. The molecule has 1 saturated heterocycles. The van der Waals surface area contributed by atoms with Gasteiger partial charge in [-0.1, -0.05) is 11.6 Å². The van der Waals surface area contributed by atoms with Gasteiger partial charge >= 0.3 is 0 Å². The molecule has 134 valence electrons. The molecule has 2 rings (SSSR count). The largest absolute Gasteiger partial charge is 0.482 e. The highest BCUT2D eigenvalue weighted by molar-refractivity contribution is 7.89. The van der Waals surface area contributed by atoms with Crippen molar-refractivity contribution in [1.82, 2.24) is 9.62 Å². The lowest BCUT2D eigenvalue weighted by atomic mass is 10.1. The minimum absolute atomic E-state index is 0.140. The highest BCUT2D eigenvalue weighted by Crippen LogP contribution is 2.29. The van der Waals surface area contributed by atoms with Crippen molar-refractivity contribution >= 4 is 27.5 Å². The van der Waals surface area contributed by atoms with Crippen molar-refractivity contribution in [1.29, 1.82) is 0 Å². The fraction of sp³-hybridized carbons (Fsp3) is 0.562. The van der Waals surface area contributed by atoms with E-state index in [0.717, 1.165) is 12.8 Å². The lowest BCUT2D eigenvalue weighted by molar-refractivity contribution is -0.124. The molecule has 0 radical (unpaired) electrons. The first-order valence-corrected chi connectivity index (χ1v) is 9.65. The van der Waals surface area contributed by atoms with E-state index >= 15 is 0 Å². The second-order valence-electron chi connectivity index (χ2n) is 6.79. The summed E-state index contributed by atoms with van der Waals surface area (Å²) in [6, 6.07) is 4.30. The molecule has 0 aliphatic carbocycles. The number of nitrogens with one attached hydrogen (secondary N) is 1. The maximum absolute atomic E-state index is 12.5. The Labute approximate surface area is 148 Å². The third-order valence-corrected chi connectivity index (χ3v) is 5.67. The van der Waals surface area contributed by atoms with Crippen LogP contribution in [0, 0.1) is 0 Å². The van der Waals surface area contributed by atoms with Gasteiger partial charge in [0.25, 0.3) is 5.91 Å².